The second kappa shape index (κ2) is 5.68. The Morgan fingerprint density at radius 3 is 2.52 bits per heavy atom. The van der Waals surface area contributed by atoms with Crippen LogP contribution in [0.1, 0.15) is 24.8 Å². The molecule has 0 radical (unpaired) electrons. The van der Waals surface area contributed by atoms with E-state index in [1.807, 2.05) is 24.1 Å². The third-order valence-corrected chi connectivity index (χ3v) is 5.08. The van der Waals surface area contributed by atoms with Crippen LogP contribution >= 0.6 is 0 Å². The number of likely N-dealkylation sites (tertiary alicyclic amines) is 2. The summed E-state index contributed by atoms with van der Waals surface area (Å²) >= 11 is 0. The number of amides is 1. The number of hydrogen-bond donors (Lipinski definition) is 0. The molecular weight excluding hydrogens is 264 g/mol. The number of nitrogens with zero attached hydrogens (tertiary/aromatic N) is 2. The zero-order valence-corrected chi connectivity index (χ0v) is 13.0. The SMILES string of the molecule is COc1cccc(CN2CCC3(CC2)CCN(C)C3=O)c1. The van der Waals surface area contributed by atoms with E-state index < -0.39 is 0 Å². The molecule has 0 aromatic heterocycles. The van der Waals surface area contributed by atoms with E-state index in [1.165, 1.54) is 5.56 Å². The smallest absolute Gasteiger partial charge is 0.228 e. The molecule has 1 spiro atoms. The molecule has 2 fully saturated rings. The quantitative estimate of drug-likeness (QED) is 0.854. The first-order valence-corrected chi connectivity index (χ1v) is 7.74. The third kappa shape index (κ3) is 2.77. The molecule has 1 aromatic rings. The maximum atomic E-state index is 12.3. The molecule has 21 heavy (non-hydrogen) atoms. The summed E-state index contributed by atoms with van der Waals surface area (Å²) in [5.74, 6) is 1.28. The lowest BCUT2D eigenvalue weighted by Gasteiger charge is -2.37. The third-order valence-electron chi connectivity index (χ3n) is 5.08. The summed E-state index contributed by atoms with van der Waals surface area (Å²) in [6.07, 6.45) is 3.04. The van der Waals surface area contributed by atoms with E-state index in [4.69, 9.17) is 4.74 Å². The van der Waals surface area contributed by atoms with E-state index in [2.05, 4.69) is 17.0 Å². The second-order valence-corrected chi connectivity index (χ2v) is 6.38. The van der Waals surface area contributed by atoms with Crippen LogP contribution in [0.2, 0.25) is 0 Å². The summed E-state index contributed by atoms with van der Waals surface area (Å²) < 4.78 is 5.28. The van der Waals surface area contributed by atoms with Gasteiger partial charge < -0.3 is 9.64 Å². The average molecular weight is 288 g/mol. The van der Waals surface area contributed by atoms with Crippen molar-refractivity contribution >= 4 is 5.91 Å². The van der Waals surface area contributed by atoms with Gasteiger partial charge in [0.1, 0.15) is 5.75 Å². The van der Waals surface area contributed by atoms with Gasteiger partial charge in [0.15, 0.2) is 0 Å². The lowest BCUT2D eigenvalue weighted by Crippen LogP contribution is -2.43. The van der Waals surface area contributed by atoms with Crippen LogP contribution in [0.4, 0.5) is 0 Å². The summed E-state index contributed by atoms with van der Waals surface area (Å²) in [7, 11) is 3.63. The van der Waals surface area contributed by atoms with E-state index in [0.29, 0.717) is 5.91 Å². The monoisotopic (exact) mass is 288 g/mol. The Morgan fingerprint density at radius 2 is 1.90 bits per heavy atom. The molecule has 3 rings (SSSR count). The van der Waals surface area contributed by atoms with Gasteiger partial charge in [-0.25, -0.2) is 0 Å². The van der Waals surface area contributed by atoms with E-state index in [-0.39, 0.29) is 5.41 Å². The van der Waals surface area contributed by atoms with Crippen molar-refractivity contribution in [3.63, 3.8) is 0 Å². The van der Waals surface area contributed by atoms with Crippen LogP contribution in [0, 0.1) is 5.41 Å². The predicted octanol–water partition coefficient (Wildman–Crippen LogP) is 2.14. The maximum absolute atomic E-state index is 12.3. The van der Waals surface area contributed by atoms with E-state index in [1.54, 1.807) is 7.11 Å². The van der Waals surface area contributed by atoms with Gasteiger partial charge in [-0.15, -0.1) is 0 Å². The first kappa shape index (κ1) is 14.4. The van der Waals surface area contributed by atoms with Crippen molar-refractivity contribution in [1.82, 2.24) is 9.80 Å². The number of methoxy groups -OCH3 is 1. The molecule has 114 valence electrons. The minimum atomic E-state index is -0.0559. The topological polar surface area (TPSA) is 32.8 Å². The number of benzene rings is 1. The van der Waals surface area contributed by atoms with Crippen molar-refractivity contribution in [2.75, 3.05) is 33.8 Å². The lowest BCUT2D eigenvalue weighted by molar-refractivity contribution is -0.137. The molecule has 0 saturated carbocycles. The van der Waals surface area contributed by atoms with Gasteiger partial charge in [0.25, 0.3) is 0 Å². The molecule has 0 unspecified atom stereocenters. The number of carbonyl (C=O) groups excluding carboxylic acids is 1. The zero-order chi connectivity index (χ0) is 14.9. The summed E-state index contributed by atoms with van der Waals surface area (Å²) in [5, 5.41) is 0. The molecule has 4 heteroatoms. The Balaban J connectivity index is 1.60. The van der Waals surface area contributed by atoms with Crippen molar-refractivity contribution in [3.8, 4) is 5.75 Å². The Kier molecular flexibility index (Phi) is 3.89. The van der Waals surface area contributed by atoms with Crippen molar-refractivity contribution in [2.24, 2.45) is 5.41 Å². The van der Waals surface area contributed by atoms with Gasteiger partial charge in [0.2, 0.25) is 5.91 Å². The number of hydrogen-bond acceptors (Lipinski definition) is 3. The van der Waals surface area contributed by atoms with Gasteiger partial charge in [0, 0.05) is 20.1 Å². The van der Waals surface area contributed by atoms with E-state index in [0.717, 1.165) is 51.2 Å². The second-order valence-electron chi connectivity index (χ2n) is 6.38. The number of ether oxygens (including phenoxy) is 1. The molecule has 1 amide bonds. The first-order valence-electron chi connectivity index (χ1n) is 7.74. The van der Waals surface area contributed by atoms with Crippen molar-refractivity contribution < 1.29 is 9.53 Å². The van der Waals surface area contributed by atoms with Crippen LogP contribution in [0.3, 0.4) is 0 Å². The molecule has 4 nitrogen and oxygen atoms in total. The highest BCUT2D eigenvalue weighted by atomic mass is 16.5. The van der Waals surface area contributed by atoms with Crippen LogP contribution in [0.25, 0.3) is 0 Å². The number of piperidine rings is 1. The van der Waals surface area contributed by atoms with Crippen LogP contribution in [-0.4, -0.2) is 49.5 Å². The Hall–Kier alpha value is -1.55. The van der Waals surface area contributed by atoms with Crippen LogP contribution < -0.4 is 4.74 Å². The molecular formula is C17H24N2O2. The van der Waals surface area contributed by atoms with Gasteiger partial charge in [-0.2, -0.15) is 0 Å². The van der Waals surface area contributed by atoms with Crippen molar-refractivity contribution in [3.05, 3.63) is 29.8 Å². The van der Waals surface area contributed by atoms with Gasteiger partial charge in [0.05, 0.1) is 12.5 Å². The highest BCUT2D eigenvalue weighted by Gasteiger charge is 2.46. The van der Waals surface area contributed by atoms with Crippen molar-refractivity contribution in [2.45, 2.75) is 25.8 Å². The minimum Gasteiger partial charge on any atom is -0.497 e. The zero-order valence-electron chi connectivity index (χ0n) is 13.0. The fourth-order valence-electron chi connectivity index (χ4n) is 3.63. The highest BCUT2D eigenvalue weighted by Crippen LogP contribution is 2.41. The molecule has 0 N–H and O–H groups in total. The standard InChI is InChI=1S/C17H24N2O2/c1-18-9-6-17(16(18)20)7-10-19(11-8-17)13-14-4-3-5-15(12-14)21-2/h3-5,12H,6-11,13H2,1-2H3. The lowest BCUT2D eigenvalue weighted by atomic mass is 9.77. The Morgan fingerprint density at radius 1 is 1.19 bits per heavy atom. The molecule has 2 aliphatic rings. The average Bonchev–Trinajstić information content (AvgIpc) is 2.79. The number of carbonyl (C=O) groups is 1. The van der Waals surface area contributed by atoms with E-state index >= 15 is 0 Å². The highest BCUT2D eigenvalue weighted by molar-refractivity contribution is 5.84. The Bertz CT molecular complexity index is 521. The molecule has 2 aliphatic heterocycles. The van der Waals surface area contributed by atoms with Crippen molar-refractivity contribution in [1.29, 1.82) is 0 Å². The molecule has 0 bridgehead atoms. The van der Waals surface area contributed by atoms with Crippen LogP contribution in [0.15, 0.2) is 24.3 Å². The van der Waals surface area contributed by atoms with Gasteiger partial charge >= 0.3 is 0 Å². The summed E-state index contributed by atoms with van der Waals surface area (Å²) in [5.41, 5.74) is 1.22. The largest absolute Gasteiger partial charge is 0.497 e. The summed E-state index contributed by atoms with van der Waals surface area (Å²) in [4.78, 5) is 16.7. The molecule has 1 aromatic carbocycles. The summed E-state index contributed by atoms with van der Waals surface area (Å²) in [6.45, 7) is 3.89. The maximum Gasteiger partial charge on any atom is 0.228 e. The summed E-state index contributed by atoms with van der Waals surface area (Å²) in [6, 6.07) is 8.25. The molecule has 2 saturated heterocycles. The predicted molar refractivity (Wildman–Crippen MR) is 82.2 cm³/mol. The van der Waals surface area contributed by atoms with Crippen LogP contribution in [-0.2, 0) is 11.3 Å². The minimum absolute atomic E-state index is 0.0559. The first-order chi connectivity index (χ1) is 10.1. The molecule has 0 atom stereocenters. The number of rotatable bonds is 3. The van der Waals surface area contributed by atoms with Gasteiger partial charge in [-0.3, -0.25) is 9.69 Å². The van der Waals surface area contributed by atoms with Gasteiger partial charge in [-0.05, 0) is 50.0 Å². The fraction of sp³-hybridized carbons (Fsp3) is 0.588. The molecule has 2 heterocycles. The normalized spacial score (nSPS) is 22.0. The van der Waals surface area contributed by atoms with E-state index in [9.17, 15) is 4.79 Å². The van der Waals surface area contributed by atoms with Crippen LogP contribution in [0.5, 0.6) is 5.75 Å². The Labute approximate surface area is 126 Å². The molecule has 0 aliphatic carbocycles. The van der Waals surface area contributed by atoms with Gasteiger partial charge in [-0.1, -0.05) is 12.1 Å². The fourth-order valence-corrected chi connectivity index (χ4v) is 3.63.